The van der Waals surface area contributed by atoms with Crippen LogP contribution in [0.5, 0.6) is 0 Å². The normalized spacial score (nSPS) is 11.1. The first-order valence-electron chi connectivity index (χ1n) is 7.52. The molecule has 7 heteroatoms. The molecule has 23 heavy (non-hydrogen) atoms. The lowest BCUT2D eigenvalue weighted by molar-refractivity contribution is 0.105. The molecule has 0 saturated carbocycles. The number of halogens is 1. The van der Waals surface area contributed by atoms with E-state index < -0.39 is 0 Å². The maximum Gasteiger partial charge on any atom is 0.191 e. The summed E-state index contributed by atoms with van der Waals surface area (Å²) < 4.78 is 10.8. The van der Waals surface area contributed by atoms with E-state index in [1.54, 1.807) is 17.6 Å². The molecule has 0 bridgehead atoms. The van der Waals surface area contributed by atoms with E-state index in [1.165, 1.54) is 5.56 Å². The standard InChI is InChI=1S/C16H23N3O2S.HI/c1-2-17-16(19-11-14-6-10-22-13-14)18-7-4-8-20-12-15-5-3-9-21-15;/h3,5-6,9-10,13H,2,4,7-8,11-12H2,1H3,(H2,17,18,19);1H. The Morgan fingerprint density at radius 2 is 2.26 bits per heavy atom. The van der Waals surface area contributed by atoms with Crippen molar-refractivity contribution in [2.45, 2.75) is 26.5 Å². The number of ether oxygens (including phenoxy) is 1. The van der Waals surface area contributed by atoms with E-state index in [0.717, 1.165) is 31.2 Å². The fraction of sp³-hybridized carbons (Fsp3) is 0.438. The number of nitrogens with zero attached hydrogens (tertiary/aromatic N) is 1. The van der Waals surface area contributed by atoms with Crippen LogP contribution in [-0.4, -0.2) is 25.7 Å². The van der Waals surface area contributed by atoms with Crippen LogP contribution in [0.2, 0.25) is 0 Å². The SMILES string of the molecule is CCNC(=NCc1ccsc1)NCCCOCc1ccco1.I. The summed E-state index contributed by atoms with van der Waals surface area (Å²) in [5, 5.41) is 10.8. The third-order valence-electron chi connectivity index (χ3n) is 2.93. The molecular formula is C16H24IN3O2S. The second kappa shape index (κ2) is 12.4. The van der Waals surface area contributed by atoms with Crippen LogP contribution >= 0.6 is 35.3 Å². The van der Waals surface area contributed by atoms with Gasteiger partial charge in [-0.3, -0.25) is 0 Å². The third-order valence-corrected chi connectivity index (χ3v) is 3.66. The van der Waals surface area contributed by atoms with E-state index in [4.69, 9.17) is 9.15 Å². The predicted octanol–water partition coefficient (Wildman–Crippen LogP) is 3.62. The molecule has 2 aromatic rings. The highest BCUT2D eigenvalue weighted by Crippen LogP contribution is 2.06. The molecule has 0 unspecified atom stereocenters. The van der Waals surface area contributed by atoms with E-state index in [1.807, 2.05) is 12.1 Å². The number of guanidine groups is 1. The Morgan fingerprint density at radius 3 is 2.96 bits per heavy atom. The molecule has 128 valence electrons. The zero-order valence-corrected chi connectivity index (χ0v) is 16.4. The van der Waals surface area contributed by atoms with Gasteiger partial charge in [0, 0.05) is 19.7 Å². The highest BCUT2D eigenvalue weighted by molar-refractivity contribution is 14.0. The summed E-state index contributed by atoms with van der Waals surface area (Å²) in [6.07, 6.45) is 2.58. The lowest BCUT2D eigenvalue weighted by Gasteiger charge is -2.11. The van der Waals surface area contributed by atoms with E-state index in [2.05, 4.69) is 39.4 Å². The molecule has 5 nitrogen and oxygen atoms in total. The number of thiophene rings is 1. The molecular weight excluding hydrogens is 425 g/mol. The van der Waals surface area contributed by atoms with Crippen molar-refractivity contribution in [3.05, 3.63) is 46.5 Å². The van der Waals surface area contributed by atoms with Gasteiger partial charge in [0.1, 0.15) is 12.4 Å². The average Bonchev–Trinajstić information content (AvgIpc) is 3.21. The molecule has 0 atom stereocenters. The number of nitrogens with one attached hydrogen (secondary N) is 2. The van der Waals surface area contributed by atoms with Gasteiger partial charge in [-0.05, 0) is 47.9 Å². The van der Waals surface area contributed by atoms with Gasteiger partial charge in [-0.2, -0.15) is 11.3 Å². The Bertz CT molecular complexity index is 530. The van der Waals surface area contributed by atoms with Crippen LogP contribution in [0.3, 0.4) is 0 Å². The molecule has 0 aromatic carbocycles. The molecule has 0 aliphatic carbocycles. The summed E-state index contributed by atoms with van der Waals surface area (Å²) >= 11 is 1.70. The third kappa shape index (κ3) is 8.38. The molecule has 0 amide bonds. The Labute approximate surface area is 158 Å². The van der Waals surface area contributed by atoms with Gasteiger partial charge in [-0.25, -0.2) is 4.99 Å². The van der Waals surface area contributed by atoms with Gasteiger partial charge in [0.05, 0.1) is 12.8 Å². The molecule has 2 rings (SSSR count). The minimum absolute atomic E-state index is 0. The molecule has 0 saturated heterocycles. The lowest BCUT2D eigenvalue weighted by Crippen LogP contribution is -2.38. The molecule has 0 fully saturated rings. The van der Waals surface area contributed by atoms with Crippen molar-refractivity contribution < 1.29 is 9.15 Å². The van der Waals surface area contributed by atoms with Gasteiger partial charge in [0.15, 0.2) is 5.96 Å². The highest BCUT2D eigenvalue weighted by Gasteiger charge is 1.99. The van der Waals surface area contributed by atoms with Crippen LogP contribution in [0.1, 0.15) is 24.7 Å². The molecule has 2 heterocycles. The summed E-state index contributed by atoms with van der Waals surface area (Å²) in [4.78, 5) is 4.56. The van der Waals surface area contributed by atoms with Gasteiger partial charge >= 0.3 is 0 Å². The second-order valence-electron chi connectivity index (χ2n) is 4.74. The van der Waals surface area contributed by atoms with Crippen LogP contribution in [-0.2, 0) is 17.9 Å². The first-order valence-corrected chi connectivity index (χ1v) is 8.46. The number of hydrogen-bond acceptors (Lipinski definition) is 4. The first kappa shape index (κ1) is 20.0. The van der Waals surface area contributed by atoms with Gasteiger partial charge in [0.2, 0.25) is 0 Å². The minimum atomic E-state index is 0. The number of furan rings is 1. The van der Waals surface area contributed by atoms with Crippen molar-refractivity contribution in [1.82, 2.24) is 10.6 Å². The van der Waals surface area contributed by atoms with E-state index in [9.17, 15) is 0 Å². The molecule has 0 spiro atoms. The van der Waals surface area contributed by atoms with Crippen LogP contribution in [0.15, 0.2) is 44.6 Å². The summed E-state index contributed by atoms with van der Waals surface area (Å²) in [5.74, 6) is 1.71. The zero-order valence-electron chi connectivity index (χ0n) is 13.3. The van der Waals surface area contributed by atoms with Crippen molar-refractivity contribution in [3.63, 3.8) is 0 Å². The van der Waals surface area contributed by atoms with Crippen molar-refractivity contribution in [1.29, 1.82) is 0 Å². The van der Waals surface area contributed by atoms with Crippen LogP contribution in [0.4, 0.5) is 0 Å². The fourth-order valence-corrected chi connectivity index (χ4v) is 2.50. The van der Waals surface area contributed by atoms with E-state index >= 15 is 0 Å². The predicted molar refractivity (Wildman–Crippen MR) is 106 cm³/mol. The molecule has 0 aliphatic heterocycles. The van der Waals surface area contributed by atoms with E-state index in [0.29, 0.717) is 19.8 Å². The number of aliphatic imine (C=N–C) groups is 1. The summed E-state index contributed by atoms with van der Waals surface area (Å²) in [6, 6.07) is 5.88. The minimum Gasteiger partial charge on any atom is -0.467 e. The average molecular weight is 449 g/mol. The Morgan fingerprint density at radius 1 is 1.35 bits per heavy atom. The number of rotatable bonds is 9. The Balaban J connectivity index is 0.00000264. The molecule has 2 N–H and O–H groups in total. The summed E-state index contributed by atoms with van der Waals surface area (Å²) in [7, 11) is 0. The second-order valence-corrected chi connectivity index (χ2v) is 5.52. The monoisotopic (exact) mass is 449 g/mol. The van der Waals surface area contributed by atoms with Gasteiger partial charge in [-0.15, -0.1) is 24.0 Å². The van der Waals surface area contributed by atoms with Crippen LogP contribution in [0, 0.1) is 0 Å². The van der Waals surface area contributed by atoms with Crippen molar-refractivity contribution >= 4 is 41.3 Å². The quantitative estimate of drug-likeness (QED) is 0.266. The maximum absolute atomic E-state index is 5.55. The maximum atomic E-state index is 5.55. The first-order chi connectivity index (χ1) is 10.9. The fourth-order valence-electron chi connectivity index (χ4n) is 1.84. The zero-order chi connectivity index (χ0) is 15.5. The van der Waals surface area contributed by atoms with Crippen molar-refractivity contribution in [2.24, 2.45) is 4.99 Å². The highest BCUT2D eigenvalue weighted by atomic mass is 127. The summed E-state index contributed by atoms with van der Waals surface area (Å²) in [6.45, 7) is 5.66. The lowest BCUT2D eigenvalue weighted by atomic mass is 10.3. The van der Waals surface area contributed by atoms with Crippen molar-refractivity contribution in [3.8, 4) is 0 Å². The van der Waals surface area contributed by atoms with Crippen LogP contribution < -0.4 is 10.6 Å². The van der Waals surface area contributed by atoms with Gasteiger partial charge < -0.3 is 19.8 Å². The van der Waals surface area contributed by atoms with E-state index in [-0.39, 0.29) is 24.0 Å². The summed E-state index contributed by atoms with van der Waals surface area (Å²) in [5.41, 5.74) is 1.24. The van der Waals surface area contributed by atoms with Gasteiger partial charge in [-0.1, -0.05) is 0 Å². The Hall–Kier alpha value is -1.06. The largest absolute Gasteiger partial charge is 0.467 e. The molecule has 0 radical (unpaired) electrons. The van der Waals surface area contributed by atoms with Gasteiger partial charge in [0.25, 0.3) is 0 Å². The van der Waals surface area contributed by atoms with Crippen LogP contribution in [0.25, 0.3) is 0 Å². The number of hydrogen-bond donors (Lipinski definition) is 2. The molecule has 2 aromatic heterocycles. The topological polar surface area (TPSA) is 58.8 Å². The Kier molecular flexibility index (Phi) is 10.8. The van der Waals surface area contributed by atoms with Crippen molar-refractivity contribution in [2.75, 3.05) is 19.7 Å². The smallest absolute Gasteiger partial charge is 0.191 e. The molecule has 0 aliphatic rings.